The van der Waals surface area contributed by atoms with Crippen LogP contribution in [0, 0.1) is 17.8 Å². The minimum absolute atomic E-state index is 0.452. The molecule has 0 aromatic heterocycles. The van der Waals surface area contributed by atoms with Gasteiger partial charge in [0.2, 0.25) is 0 Å². The van der Waals surface area contributed by atoms with Crippen LogP contribution in [0.2, 0.25) is 0 Å². The van der Waals surface area contributed by atoms with Crippen molar-refractivity contribution in [2.45, 2.75) is 70.8 Å². The number of rotatable bonds is 2. The molecule has 88 valence electrons. The van der Waals surface area contributed by atoms with Crippen LogP contribution in [0.1, 0.15) is 65.2 Å². The van der Waals surface area contributed by atoms with E-state index >= 15 is 0 Å². The zero-order valence-corrected chi connectivity index (χ0v) is 10.3. The highest BCUT2D eigenvalue weighted by atomic mass is 16.3. The molecule has 0 aromatic carbocycles. The van der Waals surface area contributed by atoms with Crippen molar-refractivity contribution >= 4 is 0 Å². The molecule has 0 amide bonds. The Hall–Kier alpha value is -0.0400. The van der Waals surface area contributed by atoms with E-state index in [0.717, 1.165) is 24.2 Å². The van der Waals surface area contributed by atoms with Gasteiger partial charge in [0.1, 0.15) is 0 Å². The first-order chi connectivity index (χ1) is 7.04. The molecule has 2 fully saturated rings. The van der Waals surface area contributed by atoms with Crippen molar-refractivity contribution in [2.75, 3.05) is 0 Å². The van der Waals surface area contributed by atoms with Crippen molar-refractivity contribution in [1.82, 2.24) is 0 Å². The smallest absolute Gasteiger partial charge is 0.0594 e. The van der Waals surface area contributed by atoms with Crippen molar-refractivity contribution in [3.63, 3.8) is 0 Å². The van der Waals surface area contributed by atoms with Gasteiger partial charge in [-0.2, -0.15) is 0 Å². The lowest BCUT2D eigenvalue weighted by Crippen LogP contribution is -2.31. The lowest BCUT2D eigenvalue weighted by Gasteiger charge is -2.40. The van der Waals surface area contributed by atoms with Crippen LogP contribution in [0.15, 0.2) is 0 Å². The monoisotopic (exact) mass is 210 g/mol. The maximum atomic E-state index is 9.87. The summed E-state index contributed by atoms with van der Waals surface area (Å²) in [6.07, 6.45) is 11.1. The molecule has 0 bridgehead atoms. The summed E-state index contributed by atoms with van der Waals surface area (Å²) in [7, 11) is 0. The maximum Gasteiger partial charge on any atom is 0.0594 e. The van der Waals surface area contributed by atoms with Crippen LogP contribution < -0.4 is 0 Å². The molecule has 0 spiro atoms. The normalized spacial score (nSPS) is 37.4. The summed E-state index contributed by atoms with van der Waals surface area (Å²) in [5, 5.41) is 9.87. The van der Waals surface area contributed by atoms with Gasteiger partial charge in [0.25, 0.3) is 0 Å². The number of hydrogen-bond donors (Lipinski definition) is 1. The van der Waals surface area contributed by atoms with Gasteiger partial charge in [-0.3, -0.25) is 0 Å². The van der Waals surface area contributed by atoms with E-state index in [1.165, 1.54) is 44.9 Å². The average molecular weight is 210 g/mol. The topological polar surface area (TPSA) is 20.2 Å². The molecule has 3 atom stereocenters. The maximum absolute atomic E-state index is 9.87. The van der Waals surface area contributed by atoms with E-state index in [2.05, 4.69) is 0 Å². The van der Waals surface area contributed by atoms with Crippen LogP contribution >= 0.6 is 0 Å². The first-order valence-electron chi connectivity index (χ1n) is 6.77. The molecule has 1 N–H and O–H groups in total. The minimum Gasteiger partial charge on any atom is -0.390 e. The predicted octanol–water partition coefficient (Wildman–Crippen LogP) is 3.75. The fourth-order valence-electron chi connectivity index (χ4n) is 3.86. The first kappa shape index (κ1) is 11.4. The Bertz CT molecular complexity index is 204. The highest BCUT2D eigenvalue weighted by Crippen LogP contribution is 2.44. The van der Waals surface area contributed by atoms with Gasteiger partial charge < -0.3 is 5.11 Å². The largest absolute Gasteiger partial charge is 0.390 e. The molecule has 1 nitrogen and oxygen atoms in total. The van der Waals surface area contributed by atoms with Gasteiger partial charge >= 0.3 is 0 Å². The zero-order chi connectivity index (χ0) is 10.9. The van der Waals surface area contributed by atoms with Crippen LogP contribution in [0.3, 0.4) is 0 Å². The van der Waals surface area contributed by atoms with E-state index in [1.54, 1.807) is 0 Å². The van der Waals surface area contributed by atoms with Crippen molar-refractivity contribution in [3.8, 4) is 0 Å². The molecule has 2 saturated carbocycles. The number of fused-ring (bicyclic) bond motifs is 1. The van der Waals surface area contributed by atoms with Gasteiger partial charge in [0, 0.05) is 0 Å². The number of hydrogen-bond acceptors (Lipinski definition) is 1. The van der Waals surface area contributed by atoms with Crippen molar-refractivity contribution in [3.05, 3.63) is 0 Å². The van der Waals surface area contributed by atoms with Crippen LogP contribution in [0.5, 0.6) is 0 Å². The minimum atomic E-state index is -0.452. The molecule has 0 heterocycles. The van der Waals surface area contributed by atoms with Crippen molar-refractivity contribution in [2.24, 2.45) is 17.8 Å². The van der Waals surface area contributed by atoms with E-state index in [-0.39, 0.29) is 0 Å². The lowest BCUT2D eigenvalue weighted by molar-refractivity contribution is 0.0272. The molecule has 0 aromatic rings. The Morgan fingerprint density at radius 2 is 1.67 bits per heavy atom. The van der Waals surface area contributed by atoms with Crippen LogP contribution in [0.4, 0.5) is 0 Å². The highest BCUT2D eigenvalue weighted by molar-refractivity contribution is 4.85. The molecule has 2 aliphatic carbocycles. The molecule has 3 unspecified atom stereocenters. The summed E-state index contributed by atoms with van der Waals surface area (Å²) in [4.78, 5) is 0. The Balaban J connectivity index is 1.85. The summed E-state index contributed by atoms with van der Waals surface area (Å²) in [6, 6.07) is 0. The summed E-state index contributed by atoms with van der Waals surface area (Å²) in [5.74, 6) is 2.83. The highest BCUT2D eigenvalue weighted by Gasteiger charge is 2.33. The van der Waals surface area contributed by atoms with Gasteiger partial charge in [0.15, 0.2) is 0 Å². The van der Waals surface area contributed by atoms with E-state index < -0.39 is 5.60 Å². The second kappa shape index (κ2) is 4.45. The Morgan fingerprint density at radius 1 is 1.00 bits per heavy atom. The van der Waals surface area contributed by atoms with Gasteiger partial charge in [-0.15, -0.1) is 0 Å². The Morgan fingerprint density at radius 3 is 2.33 bits per heavy atom. The van der Waals surface area contributed by atoms with E-state index in [1.807, 2.05) is 13.8 Å². The zero-order valence-electron chi connectivity index (χ0n) is 10.3. The quantitative estimate of drug-likeness (QED) is 0.736. The third-order valence-corrected chi connectivity index (χ3v) is 4.44. The van der Waals surface area contributed by atoms with E-state index in [0.29, 0.717) is 0 Å². The summed E-state index contributed by atoms with van der Waals surface area (Å²) < 4.78 is 0. The van der Waals surface area contributed by atoms with E-state index in [9.17, 15) is 5.11 Å². The lowest BCUT2D eigenvalue weighted by atomic mass is 9.66. The molecular weight excluding hydrogens is 184 g/mol. The molecule has 15 heavy (non-hydrogen) atoms. The molecule has 0 saturated heterocycles. The van der Waals surface area contributed by atoms with Gasteiger partial charge in [-0.1, -0.05) is 32.1 Å². The summed E-state index contributed by atoms with van der Waals surface area (Å²) in [6.45, 7) is 3.92. The SMILES string of the molecule is CC(C)(O)CC1CCC2CCCCC2C1. The van der Waals surface area contributed by atoms with Gasteiger partial charge in [-0.05, 0) is 50.9 Å². The number of aliphatic hydroxyl groups is 1. The molecule has 2 rings (SSSR count). The standard InChI is InChI=1S/C14H26O/c1-14(2,15)10-11-7-8-12-5-3-4-6-13(12)9-11/h11-13,15H,3-10H2,1-2H3. The van der Waals surface area contributed by atoms with E-state index in [4.69, 9.17) is 0 Å². The molecule has 1 heteroatoms. The van der Waals surface area contributed by atoms with Crippen molar-refractivity contribution < 1.29 is 5.11 Å². The molecule has 2 aliphatic rings. The predicted molar refractivity (Wildman–Crippen MR) is 63.7 cm³/mol. The second-order valence-electron chi connectivity index (χ2n) is 6.50. The molecule has 0 radical (unpaired) electrons. The fraction of sp³-hybridized carbons (Fsp3) is 1.00. The average Bonchev–Trinajstić information content (AvgIpc) is 2.15. The third kappa shape index (κ3) is 3.21. The van der Waals surface area contributed by atoms with Crippen LogP contribution in [0.25, 0.3) is 0 Å². The fourth-order valence-corrected chi connectivity index (χ4v) is 3.86. The van der Waals surface area contributed by atoms with Crippen LogP contribution in [-0.2, 0) is 0 Å². The van der Waals surface area contributed by atoms with Gasteiger partial charge in [0.05, 0.1) is 5.60 Å². The van der Waals surface area contributed by atoms with Gasteiger partial charge in [-0.25, -0.2) is 0 Å². The summed E-state index contributed by atoms with van der Waals surface area (Å²) >= 11 is 0. The Kier molecular flexibility index (Phi) is 3.39. The second-order valence-corrected chi connectivity index (χ2v) is 6.50. The van der Waals surface area contributed by atoms with Crippen molar-refractivity contribution in [1.29, 1.82) is 0 Å². The molecular formula is C14H26O. The molecule has 0 aliphatic heterocycles. The summed E-state index contributed by atoms with van der Waals surface area (Å²) in [5.41, 5.74) is -0.452. The third-order valence-electron chi connectivity index (χ3n) is 4.44. The Labute approximate surface area is 94.3 Å². The first-order valence-corrected chi connectivity index (χ1v) is 6.77. The van der Waals surface area contributed by atoms with Crippen LogP contribution in [-0.4, -0.2) is 10.7 Å².